The smallest absolute Gasteiger partial charge is 0.151 e. The van der Waals surface area contributed by atoms with E-state index in [4.69, 9.17) is 4.74 Å². The average Bonchev–Trinajstić information content (AvgIpc) is 2.68. The predicted molar refractivity (Wildman–Crippen MR) is 94.6 cm³/mol. The highest BCUT2D eigenvalue weighted by atomic mass is 16.5. The van der Waals surface area contributed by atoms with Gasteiger partial charge in [0.15, 0.2) is 6.29 Å². The van der Waals surface area contributed by atoms with Crippen molar-refractivity contribution in [2.24, 2.45) is 0 Å². The van der Waals surface area contributed by atoms with Gasteiger partial charge < -0.3 is 9.64 Å². The van der Waals surface area contributed by atoms with Gasteiger partial charge in [0.25, 0.3) is 0 Å². The Morgan fingerprint density at radius 3 is 2.67 bits per heavy atom. The molecule has 0 spiro atoms. The van der Waals surface area contributed by atoms with Gasteiger partial charge in [-0.2, -0.15) is 0 Å². The van der Waals surface area contributed by atoms with E-state index in [1.807, 2.05) is 48.7 Å². The summed E-state index contributed by atoms with van der Waals surface area (Å²) in [6.07, 6.45) is 5.82. The number of carbonyl (C=O) groups is 1. The van der Waals surface area contributed by atoms with Crippen molar-refractivity contribution in [2.75, 3.05) is 13.2 Å². The largest absolute Gasteiger partial charge is 0.493 e. The highest BCUT2D eigenvalue weighted by molar-refractivity contribution is 5.85. The summed E-state index contributed by atoms with van der Waals surface area (Å²) in [7, 11) is 0. The fourth-order valence-electron chi connectivity index (χ4n) is 3.48. The molecule has 0 amide bonds. The first-order valence-electron chi connectivity index (χ1n) is 8.25. The second-order valence-electron chi connectivity index (χ2n) is 6.15. The van der Waals surface area contributed by atoms with Crippen LogP contribution in [0.1, 0.15) is 23.6 Å². The second kappa shape index (κ2) is 6.36. The number of carbonyl (C=O) groups excluding carboxylic acids is 1. The molecule has 0 unspecified atom stereocenters. The molecule has 1 atom stereocenters. The minimum absolute atomic E-state index is 0.234. The summed E-state index contributed by atoms with van der Waals surface area (Å²) in [6, 6.07) is 18.7. The number of hydrogen-bond donors (Lipinski definition) is 0. The van der Waals surface area contributed by atoms with Crippen molar-refractivity contribution in [1.29, 1.82) is 0 Å². The number of rotatable bonds is 3. The average molecular weight is 317 g/mol. The van der Waals surface area contributed by atoms with E-state index >= 15 is 0 Å². The number of benzene rings is 2. The van der Waals surface area contributed by atoms with Crippen molar-refractivity contribution in [3.05, 3.63) is 83.6 Å². The summed E-state index contributed by atoms with van der Waals surface area (Å²) in [5, 5.41) is 0. The monoisotopic (exact) mass is 317 g/mol. The van der Waals surface area contributed by atoms with Crippen LogP contribution in [0, 0.1) is 0 Å². The molecule has 3 heteroatoms. The zero-order chi connectivity index (χ0) is 16.4. The molecule has 0 aliphatic carbocycles. The first kappa shape index (κ1) is 14.8. The Balaban J connectivity index is 1.69. The number of allylic oxidation sites excluding steroid dienone is 2. The van der Waals surface area contributed by atoms with E-state index in [1.165, 1.54) is 11.1 Å². The van der Waals surface area contributed by atoms with Gasteiger partial charge >= 0.3 is 0 Å². The van der Waals surface area contributed by atoms with E-state index in [0.29, 0.717) is 12.2 Å². The van der Waals surface area contributed by atoms with Crippen molar-refractivity contribution in [1.82, 2.24) is 4.90 Å². The lowest BCUT2D eigenvalue weighted by molar-refractivity contribution is -0.104. The van der Waals surface area contributed by atoms with E-state index < -0.39 is 0 Å². The maximum atomic E-state index is 11.4. The van der Waals surface area contributed by atoms with Crippen molar-refractivity contribution < 1.29 is 9.53 Å². The first-order valence-corrected chi connectivity index (χ1v) is 8.25. The molecule has 2 heterocycles. The summed E-state index contributed by atoms with van der Waals surface area (Å²) in [6.45, 7) is 1.49. The summed E-state index contributed by atoms with van der Waals surface area (Å²) in [4.78, 5) is 13.7. The van der Waals surface area contributed by atoms with Crippen molar-refractivity contribution in [3.8, 4) is 5.75 Å². The predicted octanol–water partition coefficient (Wildman–Crippen LogP) is 3.99. The number of nitrogens with zero attached hydrogens (tertiary/aromatic N) is 1. The van der Waals surface area contributed by atoms with Crippen LogP contribution in [0.25, 0.3) is 5.57 Å². The Morgan fingerprint density at radius 2 is 1.83 bits per heavy atom. The van der Waals surface area contributed by atoms with Crippen LogP contribution < -0.4 is 4.74 Å². The number of fused-ring (bicyclic) bond motifs is 1. The molecule has 0 saturated heterocycles. The van der Waals surface area contributed by atoms with Crippen LogP contribution in [0.5, 0.6) is 5.75 Å². The highest BCUT2D eigenvalue weighted by Gasteiger charge is 2.27. The Morgan fingerprint density at radius 1 is 1.04 bits per heavy atom. The first-order chi connectivity index (χ1) is 11.8. The van der Waals surface area contributed by atoms with Crippen LogP contribution >= 0.6 is 0 Å². The molecule has 0 aromatic heterocycles. The van der Waals surface area contributed by atoms with Crippen LogP contribution in [-0.2, 0) is 4.79 Å². The molecule has 2 aliphatic rings. The van der Waals surface area contributed by atoms with Gasteiger partial charge in [0.2, 0.25) is 0 Å². The molecule has 24 heavy (non-hydrogen) atoms. The standard InChI is InChI=1S/C21H19NO2/c23-15-16-12-18(17-6-2-1-3-7-17)14-22(13-16)20-10-11-24-21-9-5-4-8-19(20)21/h1-9,12-13,15,20H,10-11,14H2/t20-/m0/s1. The lowest BCUT2D eigenvalue weighted by Gasteiger charge is -2.37. The van der Waals surface area contributed by atoms with Gasteiger partial charge in [-0.25, -0.2) is 0 Å². The zero-order valence-electron chi connectivity index (χ0n) is 13.4. The summed E-state index contributed by atoms with van der Waals surface area (Å²) < 4.78 is 5.78. The Kier molecular flexibility index (Phi) is 3.91. The van der Waals surface area contributed by atoms with Gasteiger partial charge in [-0.3, -0.25) is 4.79 Å². The van der Waals surface area contributed by atoms with Gasteiger partial charge in [-0.15, -0.1) is 0 Å². The fraction of sp³-hybridized carbons (Fsp3) is 0.190. The molecular formula is C21H19NO2. The van der Waals surface area contributed by atoms with Gasteiger partial charge in [0, 0.05) is 30.3 Å². The SMILES string of the molecule is O=CC1=CN([C@H]2CCOc3ccccc32)CC(c2ccccc2)=C1. The Hall–Kier alpha value is -2.81. The minimum Gasteiger partial charge on any atom is -0.493 e. The molecule has 120 valence electrons. The van der Waals surface area contributed by atoms with Crippen molar-refractivity contribution in [3.63, 3.8) is 0 Å². The van der Waals surface area contributed by atoms with Crippen LogP contribution in [0.15, 0.2) is 72.4 Å². The number of aldehydes is 1. The normalized spacial score (nSPS) is 19.7. The molecule has 3 nitrogen and oxygen atoms in total. The fourth-order valence-corrected chi connectivity index (χ4v) is 3.48. The maximum absolute atomic E-state index is 11.4. The van der Waals surface area contributed by atoms with Crippen LogP contribution in [0.3, 0.4) is 0 Å². The molecule has 2 aromatic rings. The van der Waals surface area contributed by atoms with Gasteiger partial charge in [-0.05, 0) is 23.3 Å². The molecular weight excluding hydrogens is 298 g/mol. The maximum Gasteiger partial charge on any atom is 0.151 e. The Labute approximate surface area is 141 Å². The molecule has 0 saturated carbocycles. The topological polar surface area (TPSA) is 29.5 Å². The van der Waals surface area contributed by atoms with Gasteiger partial charge in [0.1, 0.15) is 5.75 Å². The van der Waals surface area contributed by atoms with E-state index in [2.05, 4.69) is 23.1 Å². The molecule has 0 N–H and O–H groups in total. The zero-order valence-corrected chi connectivity index (χ0v) is 13.4. The lowest BCUT2D eigenvalue weighted by Crippen LogP contribution is -2.31. The number of para-hydroxylation sites is 1. The van der Waals surface area contributed by atoms with E-state index in [1.54, 1.807) is 0 Å². The third-order valence-corrected chi connectivity index (χ3v) is 4.62. The lowest BCUT2D eigenvalue weighted by atomic mass is 9.95. The summed E-state index contributed by atoms with van der Waals surface area (Å²) >= 11 is 0. The van der Waals surface area contributed by atoms with E-state index in [0.717, 1.165) is 30.6 Å². The molecule has 2 aliphatic heterocycles. The minimum atomic E-state index is 0.234. The van der Waals surface area contributed by atoms with Crippen LogP contribution in [0.4, 0.5) is 0 Å². The molecule has 0 bridgehead atoms. The van der Waals surface area contributed by atoms with Crippen molar-refractivity contribution >= 4 is 11.9 Å². The number of hydrogen-bond acceptors (Lipinski definition) is 3. The third kappa shape index (κ3) is 2.73. The molecule has 4 rings (SSSR count). The van der Waals surface area contributed by atoms with E-state index in [9.17, 15) is 4.79 Å². The third-order valence-electron chi connectivity index (χ3n) is 4.62. The van der Waals surface area contributed by atoms with Crippen LogP contribution in [-0.4, -0.2) is 24.3 Å². The quantitative estimate of drug-likeness (QED) is 0.802. The summed E-state index contributed by atoms with van der Waals surface area (Å²) in [5.41, 5.74) is 4.24. The highest BCUT2D eigenvalue weighted by Crippen LogP contribution is 2.38. The van der Waals surface area contributed by atoms with E-state index in [-0.39, 0.29) is 6.04 Å². The van der Waals surface area contributed by atoms with Crippen molar-refractivity contribution in [2.45, 2.75) is 12.5 Å². The van der Waals surface area contributed by atoms with Gasteiger partial charge in [-0.1, -0.05) is 48.5 Å². The molecule has 0 radical (unpaired) electrons. The molecule has 2 aromatic carbocycles. The summed E-state index contributed by atoms with van der Waals surface area (Å²) in [5.74, 6) is 0.950. The second-order valence-corrected chi connectivity index (χ2v) is 6.15. The number of ether oxygens (including phenoxy) is 1. The van der Waals surface area contributed by atoms with Gasteiger partial charge in [0.05, 0.1) is 12.6 Å². The van der Waals surface area contributed by atoms with Crippen LogP contribution in [0.2, 0.25) is 0 Å². The Bertz CT molecular complexity index is 808. The molecule has 0 fully saturated rings.